The van der Waals surface area contributed by atoms with Crippen LogP contribution in [0.3, 0.4) is 0 Å². The summed E-state index contributed by atoms with van der Waals surface area (Å²) >= 11 is 0. The van der Waals surface area contributed by atoms with Crippen molar-refractivity contribution in [2.75, 3.05) is 0 Å². The van der Waals surface area contributed by atoms with Gasteiger partial charge in [-0.3, -0.25) is 14.9 Å². The van der Waals surface area contributed by atoms with E-state index in [1.165, 1.54) is 29.1 Å². The molecular weight excluding hydrogens is 420 g/mol. The zero-order valence-electron chi connectivity index (χ0n) is 17.1. The fourth-order valence-electron chi connectivity index (χ4n) is 3.39. The van der Waals surface area contributed by atoms with Gasteiger partial charge in [0.2, 0.25) is 5.78 Å². The summed E-state index contributed by atoms with van der Waals surface area (Å²) in [5, 5.41) is 24.4. The van der Waals surface area contributed by atoms with Gasteiger partial charge in [0, 0.05) is 23.9 Å². The van der Waals surface area contributed by atoms with Gasteiger partial charge < -0.3 is 0 Å². The third-order valence-electron chi connectivity index (χ3n) is 5.05. The molecule has 0 radical (unpaired) electrons. The molecular formula is C24H16N6O3. The Hall–Kier alpha value is -4.92. The summed E-state index contributed by atoms with van der Waals surface area (Å²) in [6.07, 6.45) is 3.30. The normalized spacial score (nSPS) is 10.8. The largest absolute Gasteiger partial charge is 0.287 e. The van der Waals surface area contributed by atoms with Gasteiger partial charge in [-0.25, -0.2) is 4.68 Å². The van der Waals surface area contributed by atoms with Crippen LogP contribution in [-0.2, 0) is 0 Å². The van der Waals surface area contributed by atoms with Crippen LogP contribution < -0.4 is 0 Å². The summed E-state index contributed by atoms with van der Waals surface area (Å²) in [6, 6.07) is 24.3. The Kier molecular flexibility index (Phi) is 5.04. The first-order valence-electron chi connectivity index (χ1n) is 10.0. The lowest BCUT2D eigenvalue weighted by molar-refractivity contribution is -0.384. The van der Waals surface area contributed by atoms with Crippen LogP contribution in [0.2, 0.25) is 0 Å². The number of rotatable bonds is 6. The molecule has 2 heterocycles. The lowest BCUT2D eigenvalue weighted by atomic mass is 10.0. The van der Waals surface area contributed by atoms with E-state index in [0.717, 1.165) is 11.4 Å². The highest BCUT2D eigenvalue weighted by Gasteiger charge is 2.23. The standard InChI is InChI=1S/C24H16N6O3/c31-24(17-11-13-20(14-12-17)30(32)33)23-21(16-28(27-23)18-7-3-1-4-8-18)22-15-25-29(26-22)19-9-5-2-6-10-19/h1-16H. The molecule has 0 bridgehead atoms. The summed E-state index contributed by atoms with van der Waals surface area (Å²) in [7, 11) is 0. The van der Waals surface area contributed by atoms with E-state index in [4.69, 9.17) is 0 Å². The smallest absolute Gasteiger partial charge is 0.269 e. The predicted octanol–water partition coefficient (Wildman–Crippen LogP) is 4.26. The molecule has 2 aromatic heterocycles. The van der Waals surface area contributed by atoms with Gasteiger partial charge in [0.25, 0.3) is 5.69 Å². The second-order valence-corrected chi connectivity index (χ2v) is 7.16. The van der Waals surface area contributed by atoms with Crippen molar-refractivity contribution in [3.05, 3.63) is 119 Å². The highest BCUT2D eigenvalue weighted by atomic mass is 16.6. The zero-order chi connectivity index (χ0) is 22.8. The molecule has 9 nitrogen and oxygen atoms in total. The molecule has 0 spiro atoms. The molecule has 0 unspecified atom stereocenters. The number of nitro groups is 1. The maximum absolute atomic E-state index is 13.3. The molecule has 0 N–H and O–H groups in total. The highest BCUT2D eigenvalue weighted by Crippen LogP contribution is 2.26. The van der Waals surface area contributed by atoms with E-state index in [1.807, 2.05) is 60.7 Å². The molecule has 9 heteroatoms. The van der Waals surface area contributed by atoms with Crippen molar-refractivity contribution in [1.82, 2.24) is 24.8 Å². The van der Waals surface area contributed by atoms with Gasteiger partial charge in [-0.2, -0.15) is 15.0 Å². The Morgan fingerprint density at radius 1 is 0.818 bits per heavy atom. The molecule has 0 aliphatic rings. The van der Waals surface area contributed by atoms with Crippen LogP contribution in [0.4, 0.5) is 5.69 Å². The summed E-state index contributed by atoms with van der Waals surface area (Å²) < 4.78 is 1.61. The molecule has 0 saturated carbocycles. The van der Waals surface area contributed by atoms with Gasteiger partial charge in [0.05, 0.1) is 28.1 Å². The topological polar surface area (TPSA) is 109 Å². The van der Waals surface area contributed by atoms with Crippen molar-refractivity contribution in [3.63, 3.8) is 0 Å². The molecule has 33 heavy (non-hydrogen) atoms. The molecule has 0 aliphatic carbocycles. The molecule has 0 fully saturated rings. The van der Waals surface area contributed by atoms with E-state index in [9.17, 15) is 14.9 Å². The number of aromatic nitrogens is 5. The molecule has 0 atom stereocenters. The van der Waals surface area contributed by atoms with Crippen molar-refractivity contribution in [2.45, 2.75) is 0 Å². The number of para-hydroxylation sites is 2. The van der Waals surface area contributed by atoms with E-state index < -0.39 is 4.92 Å². The van der Waals surface area contributed by atoms with Crippen molar-refractivity contribution in [2.24, 2.45) is 0 Å². The SMILES string of the molecule is O=C(c1ccc([N+](=O)[O-])cc1)c1nn(-c2ccccc2)cc1-c1cnn(-c2ccccc2)n1. The average Bonchev–Trinajstić information content (AvgIpc) is 3.52. The monoisotopic (exact) mass is 436 g/mol. The molecule has 0 amide bonds. The number of nitrogens with zero attached hydrogens (tertiary/aromatic N) is 6. The van der Waals surface area contributed by atoms with Crippen LogP contribution >= 0.6 is 0 Å². The number of carbonyl (C=O) groups excluding carboxylic acids is 1. The first-order valence-corrected chi connectivity index (χ1v) is 10.0. The zero-order valence-corrected chi connectivity index (χ0v) is 17.1. The number of nitro benzene ring substituents is 1. The minimum Gasteiger partial charge on any atom is -0.287 e. The highest BCUT2D eigenvalue weighted by molar-refractivity contribution is 6.11. The van der Waals surface area contributed by atoms with E-state index in [0.29, 0.717) is 11.3 Å². The van der Waals surface area contributed by atoms with Gasteiger partial charge in [0.1, 0.15) is 11.4 Å². The molecule has 5 rings (SSSR count). The van der Waals surface area contributed by atoms with E-state index in [-0.39, 0.29) is 22.7 Å². The molecule has 0 saturated heterocycles. The van der Waals surface area contributed by atoms with Crippen LogP contribution in [0.1, 0.15) is 16.1 Å². The van der Waals surface area contributed by atoms with Crippen molar-refractivity contribution < 1.29 is 9.72 Å². The predicted molar refractivity (Wildman–Crippen MR) is 120 cm³/mol. The average molecular weight is 436 g/mol. The summed E-state index contributed by atoms with van der Waals surface area (Å²) in [4.78, 5) is 25.3. The van der Waals surface area contributed by atoms with Gasteiger partial charge in [-0.05, 0) is 36.4 Å². The van der Waals surface area contributed by atoms with Gasteiger partial charge >= 0.3 is 0 Å². The number of ketones is 1. The fraction of sp³-hybridized carbons (Fsp3) is 0. The maximum Gasteiger partial charge on any atom is 0.269 e. The minimum absolute atomic E-state index is 0.0904. The lowest BCUT2D eigenvalue weighted by Gasteiger charge is -2.01. The first-order chi connectivity index (χ1) is 16.1. The maximum atomic E-state index is 13.3. The van der Waals surface area contributed by atoms with Gasteiger partial charge in [0.15, 0.2) is 0 Å². The summed E-state index contributed by atoms with van der Waals surface area (Å²) in [5.74, 6) is -0.371. The van der Waals surface area contributed by atoms with Crippen LogP contribution in [0.25, 0.3) is 22.6 Å². The van der Waals surface area contributed by atoms with E-state index in [1.54, 1.807) is 17.1 Å². The Bertz CT molecular complexity index is 1440. The molecule has 3 aromatic carbocycles. The molecule has 5 aromatic rings. The molecule has 160 valence electrons. The first kappa shape index (κ1) is 20.0. The number of non-ortho nitro benzene ring substituents is 1. The minimum atomic E-state index is -0.508. The number of hydrogen-bond donors (Lipinski definition) is 0. The third-order valence-corrected chi connectivity index (χ3v) is 5.05. The van der Waals surface area contributed by atoms with Crippen LogP contribution in [0.15, 0.2) is 97.3 Å². The Morgan fingerprint density at radius 2 is 1.45 bits per heavy atom. The van der Waals surface area contributed by atoms with E-state index >= 15 is 0 Å². The quantitative estimate of drug-likeness (QED) is 0.224. The lowest BCUT2D eigenvalue weighted by Crippen LogP contribution is -2.06. The second kappa shape index (κ2) is 8.31. The number of carbonyl (C=O) groups is 1. The van der Waals surface area contributed by atoms with E-state index in [2.05, 4.69) is 15.3 Å². The second-order valence-electron chi connectivity index (χ2n) is 7.16. The Morgan fingerprint density at radius 3 is 2.09 bits per heavy atom. The molecule has 0 aliphatic heterocycles. The number of hydrogen-bond acceptors (Lipinski definition) is 6. The van der Waals surface area contributed by atoms with Crippen molar-refractivity contribution in [1.29, 1.82) is 0 Å². The number of benzene rings is 3. The van der Waals surface area contributed by atoms with Crippen LogP contribution in [-0.4, -0.2) is 35.5 Å². The Balaban J connectivity index is 1.59. The summed E-state index contributed by atoms with van der Waals surface area (Å²) in [5.41, 5.74) is 2.91. The fourth-order valence-corrected chi connectivity index (χ4v) is 3.39. The summed E-state index contributed by atoms with van der Waals surface area (Å²) in [6.45, 7) is 0. The van der Waals surface area contributed by atoms with Crippen molar-refractivity contribution >= 4 is 11.5 Å². The van der Waals surface area contributed by atoms with Crippen LogP contribution in [0.5, 0.6) is 0 Å². The van der Waals surface area contributed by atoms with Gasteiger partial charge in [-0.15, -0.1) is 5.10 Å². The van der Waals surface area contributed by atoms with Crippen molar-refractivity contribution in [3.8, 4) is 22.6 Å². The Labute approximate surface area is 187 Å². The third kappa shape index (κ3) is 3.90. The van der Waals surface area contributed by atoms with Gasteiger partial charge in [-0.1, -0.05) is 36.4 Å². The van der Waals surface area contributed by atoms with Crippen LogP contribution in [0, 0.1) is 10.1 Å².